The van der Waals surface area contributed by atoms with Crippen molar-refractivity contribution in [3.05, 3.63) is 22.4 Å². The second-order valence-electron chi connectivity index (χ2n) is 6.12. The van der Waals surface area contributed by atoms with Crippen LogP contribution in [0.4, 0.5) is 0 Å². The van der Waals surface area contributed by atoms with E-state index in [1.807, 2.05) is 11.3 Å². The lowest BCUT2D eigenvalue weighted by atomic mass is 10.2. The highest BCUT2D eigenvalue weighted by Gasteiger charge is 2.28. The number of nitrogens with one attached hydrogen (secondary N) is 1. The number of rotatable bonds is 10. The maximum Gasteiger partial charge on any atom is 0.0244 e. The fourth-order valence-corrected chi connectivity index (χ4v) is 3.32. The fraction of sp³-hybridized carbons (Fsp3) is 0.750. The highest BCUT2D eigenvalue weighted by Crippen LogP contribution is 2.29. The molecule has 1 aromatic heterocycles. The molecule has 0 atom stereocenters. The van der Waals surface area contributed by atoms with Crippen LogP contribution in [0, 0.1) is 0 Å². The SMILES string of the molecule is c1cc(CN(CCCCCNC2CC2)C2CC2)cs1. The lowest BCUT2D eigenvalue weighted by Crippen LogP contribution is -2.26. The minimum absolute atomic E-state index is 0.876. The number of thiophene rings is 1. The van der Waals surface area contributed by atoms with Crippen molar-refractivity contribution in [2.75, 3.05) is 13.1 Å². The molecule has 0 saturated heterocycles. The lowest BCUT2D eigenvalue weighted by molar-refractivity contribution is 0.249. The van der Waals surface area contributed by atoms with Gasteiger partial charge in [0.1, 0.15) is 0 Å². The Morgan fingerprint density at radius 3 is 2.74 bits per heavy atom. The Bertz CT molecular complexity index is 355. The lowest BCUT2D eigenvalue weighted by Gasteiger charge is -2.21. The first-order valence-electron chi connectivity index (χ1n) is 7.90. The highest BCUT2D eigenvalue weighted by molar-refractivity contribution is 7.07. The minimum atomic E-state index is 0.876. The molecule has 0 spiro atoms. The second kappa shape index (κ2) is 6.87. The molecule has 19 heavy (non-hydrogen) atoms. The summed E-state index contributed by atoms with van der Waals surface area (Å²) in [7, 11) is 0. The molecule has 0 aliphatic heterocycles. The van der Waals surface area contributed by atoms with Crippen LogP contribution in [0.5, 0.6) is 0 Å². The summed E-state index contributed by atoms with van der Waals surface area (Å²) in [5.74, 6) is 0. The van der Waals surface area contributed by atoms with Gasteiger partial charge in [0, 0.05) is 18.6 Å². The summed E-state index contributed by atoms with van der Waals surface area (Å²) in [6.45, 7) is 3.71. The second-order valence-corrected chi connectivity index (χ2v) is 6.90. The van der Waals surface area contributed by atoms with E-state index in [0.29, 0.717) is 0 Å². The highest BCUT2D eigenvalue weighted by atomic mass is 32.1. The van der Waals surface area contributed by atoms with Crippen molar-refractivity contribution in [3.8, 4) is 0 Å². The van der Waals surface area contributed by atoms with E-state index in [-0.39, 0.29) is 0 Å². The van der Waals surface area contributed by atoms with Crippen LogP contribution >= 0.6 is 11.3 Å². The molecule has 2 aliphatic rings. The van der Waals surface area contributed by atoms with Crippen LogP contribution in [0.3, 0.4) is 0 Å². The van der Waals surface area contributed by atoms with Crippen molar-refractivity contribution in [2.24, 2.45) is 0 Å². The molecule has 106 valence electrons. The Morgan fingerprint density at radius 2 is 2.05 bits per heavy atom. The van der Waals surface area contributed by atoms with Crippen molar-refractivity contribution < 1.29 is 0 Å². The largest absolute Gasteiger partial charge is 0.314 e. The molecule has 0 amide bonds. The van der Waals surface area contributed by atoms with Crippen molar-refractivity contribution in [1.29, 1.82) is 0 Å². The standard InChI is InChI=1S/C16H26N2S/c1(2-9-17-15-4-5-15)3-10-18(16-6-7-16)12-14-8-11-19-13-14/h8,11,13,15-17H,1-7,9-10,12H2. The maximum atomic E-state index is 3.60. The summed E-state index contributed by atoms with van der Waals surface area (Å²) < 4.78 is 0. The van der Waals surface area contributed by atoms with Gasteiger partial charge in [-0.15, -0.1) is 0 Å². The Balaban J connectivity index is 1.29. The van der Waals surface area contributed by atoms with Crippen LogP contribution in [0.15, 0.2) is 16.8 Å². The molecular weight excluding hydrogens is 252 g/mol. The summed E-state index contributed by atoms with van der Waals surface area (Å²) >= 11 is 1.82. The molecule has 0 bridgehead atoms. The third-order valence-corrected chi connectivity index (χ3v) is 4.89. The zero-order valence-electron chi connectivity index (χ0n) is 11.8. The van der Waals surface area contributed by atoms with E-state index in [1.165, 1.54) is 70.1 Å². The van der Waals surface area contributed by atoms with Gasteiger partial charge in [0.25, 0.3) is 0 Å². The van der Waals surface area contributed by atoms with Gasteiger partial charge in [0.2, 0.25) is 0 Å². The molecule has 0 radical (unpaired) electrons. The van der Waals surface area contributed by atoms with E-state index in [0.717, 1.165) is 12.1 Å². The summed E-state index contributed by atoms with van der Waals surface area (Å²) in [6.07, 6.45) is 9.78. The Hall–Kier alpha value is -0.380. The molecule has 2 saturated carbocycles. The van der Waals surface area contributed by atoms with Crippen LogP contribution in [0.25, 0.3) is 0 Å². The van der Waals surface area contributed by atoms with Gasteiger partial charge in [-0.1, -0.05) is 6.42 Å². The molecular formula is C16H26N2S. The van der Waals surface area contributed by atoms with Gasteiger partial charge < -0.3 is 5.32 Å². The van der Waals surface area contributed by atoms with E-state index in [1.54, 1.807) is 0 Å². The molecule has 2 nitrogen and oxygen atoms in total. The van der Waals surface area contributed by atoms with E-state index < -0.39 is 0 Å². The number of unbranched alkanes of at least 4 members (excludes halogenated alkanes) is 2. The first-order valence-corrected chi connectivity index (χ1v) is 8.84. The van der Waals surface area contributed by atoms with Crippen LogP contribution in [0.2, 0.25) is 0 Å². The summed E-state index contributed by atoms with van der Waals surface area (Å²) in [6, 6.07) is 4.05. The molecule has 1 N–H and O–H groups in total. The van der Waals surface area contributed by atoms with Gasteiger partial charge in [0.15, 0.2) is 0 Å². The number of hydrogen-bond donors (Lipinski definition) is 1. The van der Waals surface area contributed by atoms with Crippen LogP contribution in [-0.2, 0) is 6.54 Å². The van der Waals surface area contributed by atoms with Crippen LogP contribution in [-0.4, -0.2) is 30.1 Å². The zero-order valence-corrected chi connectivity index (χ0v) is 12.6. The first kappa shape index (κ1) is 13.6. The Kier molecular flexibility index (Phi) is 4.91. The predicted octanol–water partition coefficient (Wildman–Crippen LogP) is 3.63. The minimum Gasteiger partial charge on any atom is -0.314 e. The predicted molar refractivity (Wildman–Crippen MR) is 82.6 cm³/mol. The van der Waals surface area contributed by atoms with Crippen LogP contribution in [0.1, 0.15) is 50.5 Å². The number of nitrogens with zero attached hydrogens (tertiary/aromatic N) is 1. The quantitative estimate of drug-likeness (QED) is 0.657. The van der Waals surface area contributed by atoms with Crippen molar-refractivity contribution >= 4 is 11.3 Å². The van der Waals surface area contributed by atoms with Gasteiger partial charge in [-0.2, -0.15) is 11.3 Å². The van der Waals surface area contributed by atoms with E-state index in [2.05, 4.69) is 27.0 Å². The van der Waals surface area contributed by atoms with Gasteiger partial charge in [-0.3, -0.25) is 4.90 Å². The average Bonchev–Trinajstić information content (AvgIpc) is 3.33. The van der Waals surface area contributed by atoms with Crippen molar-refractivity contribution in [2.45, 2.75) is 63.6 Å². The van der Waals surface area contributed by atoms with E-state index >= 15 is 0 Å². The molecule has 1 aromatic rings. The van der Waals surface area contributed by atoms with Crippen LogP contribution < -0.4 is 5.32 Å². The van der Waals surface area contributed by atoms with Gasteiger partial charge in [-0.05, 0) is 74.0 Å². The summed E-state index contributed by atoms with van der Waals surface area (Å²) in [5, 5.41) is 8.10. The summed E-state index contributed by atoms with van der Waals surface area (Å²) in [4.78, 5) is 2.70. The topological polar surface area (TPSA) is 15.3 Å². The molecule has 2 fully saturated rings. The molecule has 1 heterocycles. The normalized spacial score (nSPS) is 19.2. The Labute approximate surface area is 121 Å². The molecule has 3 heteroatoms. The molecule has 0 aromatic carbocycles. The van der Waals surface area contributed by atoms with Gasteiger partial charge in [-0.25, -0.2) is 0 Å². The molecule has 3 rings (SSSR count). The summed E-state index contributed by atoms with van der Waals surface area (Å²) in [5.41, 5.74) is 1.51. The molecule has 2 aliphatic carbocycles. The van der Waals surface area contributed by atoms with E-state index in [9.17, 15) is 0 Å². The van der Waals surface area contributed by atoms with Crippen molar-refractivity contribution in [3.63, 3.8) is 0 Å². The monoisotopic (exact) mass is 278 g/mol. The van der Waals surface area contributed by atoms with Gasteiger partial charge >= 0.3 is 0 Å². The first-order chi connectivity index (χ1) is 9.42. The van der Waals surface area contributed by atoms with E-state index in [4.69, 9.17) is 0 Å². The Morgan fingerprint density at radius 1 is 1.16 bits per heavy atom. The maximum absolute atomic E-state index is 3.60. The fourth-order valence-electron chi connectivity index (χ4n) is 2.66. The average molecular weight is 278 g/mol. The third-order valence-electron chi connectivity index (χ3n) is 4.16. The third kappa shape index (κ3) is 4.90. The molecule has 0 unspecified atom stereocenters. The zero-order chi connectivity index (χ0) is 12.9. The van der Waals surface area contributed by atoms with Gasteiger partial charge in [0.05, 0.1) is 0 Å². The smallest absolute Gasteiger partial charge is 0.0244 e. The van der Waals surface area contributed by atoms with Crippen molar-refractivity contribution in [1.82, 2.24) is 10.2 Å². The number of hydrogen-bond acceptors (Lipinski definition) is 3.